The van der Waals surface area contributed by atoms with E-state index in [9.17, 15) is 13.2 Å². The first-order valence-electron chi connectivity index (χ1n) is 10.5. The molecule has 6 nitrogen and oxygen atoms in total. The maximum absolute atomic E-state index is 12.3. The molecule has 28 heavy (non-hydrogen) atoms. The van der Waals surface area contributed by atoms with E-state index in [4.69, 9.17) is 9.84 Å². The fourth-order valence-corrected chi connectivity index (χ4v) is 4.57. The number of carbonyl (C=O) groups is 1. The fraction of sp³-hybridized carbons (Fsp3) is 0.714. The van der Waals surface area contributed by atoms with Gasteiger partial charge in [-0.25, -0.2) is 13.4 Å². The summed E-state index contributed by atoms with van der Waals surface area (Å²) in [5, 5.41) is 7.62. The van der Waals surface area contributed by atoms with Gasteiger partial charge in [-0.2, -0.15) is 0 Å². The van der Waals surface area contributed by atoms with Gasteiger partial charge in [-0.3, -0.25) is 4.79 Å². The molecule has 7 heteroatoms. The van der Waals surface area contributed by atoms with Gasteiger partial charge in [-0.15, -0.1) is 0 Å². The van der Waals surface area contributed by atoms with Crippen LogP contribution >= 0.6 is 0 Å². The Kier molecular flexibility index (Phi) is 11.8. The lowest BCUT2D eigenvalue weighted by atomic mass is 10.1. The van der Waals surface area contributed by atoms with Gasteiger partial charge in [0, 0.05) is 12.3 Å². The van der Waals surface area contributed by atoms with Crippen molar-refractivity contribution in [2.24, 2.45) is 0 Å². The highest BCUT2D eigenvalue weighted by molar-refractivity contribution is 7.92. The summed E-state index contributed by atoms with van der Waals surface area (Å²) in [6.45, 7) is 4.31. The summed E-state index contributed by atoms with van der Waals surface area (Å²) >= 11 is 0. The fourth-order valence-electron chi connectivity index (χ4n) is 3.08. The minimum Gasteiger partial charge on any atom is -0.480 e. The van der Waals surface area contributed by atoms with Gasteiger partial charge in [-0.1, -0.05) is 71.6 Å². The molecule has 0 aromatic carbocycles. The van der Waals surface area contributed by atoms with Crippen molar-refractivity contribution in [2.45, 2.75) is 94.6 Å². The largest absolute Gasteiger partial charge is 0.480 e. The van der Waals surface area contributed by atoms with Crippen LogP contribution in [0.5, 0.6) is 5.88 Å². The molecule has 0 aliphatic carbocycles. The minimum atomic E-state index is -3.93. The predicted octanol–water partition coefficient (Wildman–Crippen LogP) is 5.02. The molecule has 0 aliphatic heterocycles. The summed E-state index contributed by atoms with van der Waals surface area (Å²) in [6.07, 6.45) is 13.7. The molecular formula is C21H35NO5S. The normalized spacial score (nSPS) is 12.6. The van der Waals surface area contributed by atoms with Crippen LogP contribution in [0.3, 0.4) is 0 Å². The van der Waals surface area contributed by atoms with E-state index < -0.39 is 21.1 Å². The van der Waals surface area contributed by atoms with Crippen molar-refractivity contribution in [1.29, 1.82) is 0 Å². The second-order valence-corrected chi connectivity index (χ2v) is 9.27. The van der Waals surface area contributed by atoms with Crippen LogP contribution in [-0.4, -0.2) is 36.3 Å². The first-order valence-corrected chi connectivity index (χ1v) is 12.0. The zero-order valence-electron chi connectivity index (χ0n) is 17.2. The van der Waals surface area contributed by atoms with E-state index in [0.717, 1.165) is 12.8 Å². The molecule has 0 spiro atoms. The van der Waals surface area contributed by atoms with E-state index in [2.05, 4.69) is 11.9 Å². The Balaban J connectivity index is 2.26. The number of hydrogen-bond acceptors (Lipinski definition) is 5. The van der Waals surface area contributed by atoms with Gasteiger partial charge in [-0.05, 0) is 18.9 Å². The number of carboxylic acids is 1. The molecule has 1 N–H and O–H groups in total. The zero-order valence-corrected chi connectivity index (χ0v) is 18.0. The van der Waals surface area contributed by atoms with Gasteiger partial charge >= 0.3 is 5.97 Å². The molecule has 160 valence electrons. The molecule has 1 aromatic heterocycles. The van der Waals surface area contributed by atoms with E-state index in [1.165, 1.54) is 76.6 Å². The van der Waals surface area contributed by atoms with Crippen molar-refractivity contribution in [3.63, 3.8) is 0 Å². The van der Waals surface area contributed by atoms with E-state index in [1.54, 1.807) is 0 Å². The molecule has 0 fully saturated rings. The smallest absolute Gasteiger partial charge is 0.322 e. The SMILES string of the molecule is CCCCCCCCCCCCOc1ccc(S(=O)(=O)C(CC)C(=O)O)cn1. The average Bonchev–Trinajstić information content (AvgIpc) is 2.66. The molecule has 1 aromatic rings. The maximum atomic E-state index is 12.3. The number of sulfone groups is 1. The molecule has 0 bridgehead atoms. The van der Waals surface area contributed by atoms with Crippen molar-refractivity contribution < 1.29 is 23.1 Å². The third-order valence-corrected chi connectivity index (χ3v) is 6.99. The van der Waals surface area contributed by atoms with E-state index in [-0.39, 0.29) is 11.3 Å². The Bertz CT molecular complexity index is 658. The van der Waals surface area contributed by atoms with Crippen LogP contribution < -0.4 is 4.74 Å². The maximum Gasteiger partial charge on any atom is 0.322 e. The summed E-state index contributed by atoms with van der Waals surface area (Å²) < 4.78 is 30.2. The Morgan fingerprint density at radius 3 is 2.04 bits per heavy atom. The first-order chi connectivity index (χ1) is 13.4. The highest BCUT2D eigenvalue weighted by Gasteiger charge is 2.32. The van der Waals surface area contributed by atoms with Crippen LogP contribution in [0.2, 0.25) is 0 Å². The van der Waals surface area contributed by atoms with Gasteiger partial charge in [0.25, 0.3) is 0 Å². The van der Waals surface area contributed by atoms with Crippen molar-refractivity contribution in [2.75, 3.05) is 6.61 Å². The van der Waals surface area contributed by atoms with Gasteiger partial charge in [0.2, 0.25) is 5.88 Å². The van der Waals surface area contributed by atoms with Crippen molar-refractivity contribution in [3.05, 3.63) is 18.3 Å². The second kappa shape index (κ2) is 13.5. The Morgan fingerprint density at radius 1 is 1.00 bits per heavy atom. The lowest BCUT2D eigenvalue weighted by Gasteiger charge is -2.11. The third-order valence-electron chi connectivity index (χ3n) is 4.81. The van der Waals surface area contributed by atoms with E-state index >= 15 is 0 Å². The number of carboxylic acid groups (broad SMARTS) is 1. The van der Waals surface area contributed by atoms with Crippen LogP contribution in [0.4, 0.5) is 0 Å². The number of hydrogen-bond donors (Lipinski definition) is 1. The quantitative estimate of drug-likeness (QED) is 0.383. The molecule has 0 radical (unpaired) electrons. The van der Waals surface area contributed by atoms with Gasteiger partial charge in [0.15, 0.2) is 15.1 Å². The minimum absolute atomic E-state index is 0.00859. The highest BCUT2D eigenvalue weighted by atomic mass is 32.2. The second-order valence-electron chi connectivity index (χ2n) is 7.14. The summed E-state index contributed by atoms with van der Waals surface area (Å²) in [5.41, 5.74) is 0. The summed E-state index contributed by atoms with van der Waals surface area (Å²) in [4.78, 5) is 15.0. The number of pyridine rings is 1. The van der Waals surface area contributed by atoms with Crippen LogP contribution in [0, 0.1) is 0 Å². The molecule has 0 aliphatic rings. The van der Waals surface area contributed by atoms with E-state index in [0.29, 0.717) is 12.5 Å². The first kappa shape index (κ1) is 24.4. The lowest BCUT2D eigenvalue weighted by Crippen LogP contribution is -2.29. The van der Waals surface area contributed by atoms with Crippen LogP contribution in [0.25, 0.3) is 0 Å². The van der Waals surface area contributed by atoms with E-state index in [1.807, 2.05) is 0 Å². The van der Waals surface area contributed by atoms with Gasteiger partial charge < -0.3 is 9.84 Å². The molecule has 1 unspecified atom stereocenters. The number of ether oxygens (including phenoxy) is 1. The van der Waals surface area contributed by atoms with Crippen LogP contribution in [0.1, 0.15) is 84.5 Å². The lowest BCUT2D eigenvalue weighted by molar-refractivity contribution is -0.136. The standard InChI is InChI=1S/C21H35NO5S/c1-3-5-6-7-8-9-10-11-12-13-16-27-20-15-14-18(17-22-20)28(25,26)19(4-2)21(23)24/h14-15,17,19H,3-13,16H2,1-2H3,(H,23,24). The number of aromatic nitrogens is 1. The molecule has 1 rings (SSSR count). The van der Waals surface area contributed by atoms with Crippen molar-refractivity contribution in [1.82, 2.24) is 4.98 Å². The third kappa shape index (κ3) is 8.59. The topological polar surface area (TPSA) is 93.6 Å². The average molecular weight is 414 g/mol. The molecule has 0 saturated carbocycles. The Labute approximate surface area is 169 Å². The Hall–Kier alpha value is -1.63. The number of rotatable bonds is 16. The summed E-state index contributed by atoms with van der Waals surface area (Å²) in [5.74, 6) is -0.984. The predicted molar refractivity (Wildman–Crippen MR) is 110 cm³/mol. The van der Waals surface area contributed by atoms with Crippen LogP contribution in [0.15, 0.2) is 23.2 Å². The molecular weight excluding hydrogens is 378 g/mol. The molecule has 0 saturated heterocycles. The molecule has 1 atom stereocenters. The van der Waals surface area contributed by atoms with Crippen LogP contribution in [-0.2, 0) is 14.6 Å². The number of aliphatic carboxylic acids is 1. The summed E-state index contributed by atoms with van der Waals surface area (Å²) in [7, 11) is -3.93. The number of unbranched alkanes of at least 4 members (excludes halogenated alkanes) is 9. The van der Waals surface area contributed by atoms with Crippen molar-refractivity contribution >= 4 is 15.8 Å². The number of nitrogens with zero attached hydrogens (tertiary/aromatic N) is 1. The zero-order chi connectivity index (χ0) is 20.8. The van der Waals surface area contributed by atoms with Gasteiger partial charge in [0.05, 0.1) is 11.5 Å². The highest BCUT2D eigenvalue weighted by Crippen LogP contribution is 2.20. The monoisotopic (exact) mass is 413 g/mol. The van der Waals surface area contributed by atoms with Gasteiger partial charge in [0.1, 0.15) is 0 Å². The van der Waals surface area contributed by atoms with Crippen molar-refractivity contribution in [3.8, 4) is 5.88 Å². The summed E-state index contributed by atoms with van der Waals surface area (Å²) in [6, 6.07) is 2.85. The molecule has 1 heterocycles. The Morgan fingerprint density at radius 2 is 1.57 bits per heavy atom. The molecule has 0 amide bonds.